The zero-order chi connectivity index (χ0) is 21.8. The van der Waals surface area contributed by atoms with Crippen LogP contribution in [0.4, 0.5) is 0 Å². The zero-order valence-electron chi connectivity index (χ0n) is 17.1. The van der Waals surface area contributed by atoms with Gasteiger partial charge in [-0.25, -0.2) is 0 Å². The van der Waals surface area contributed by atoms with Gasteiger partial charge in [0.15, 0.2) is 5.16 Å². The molecule has 8 heteroatoms. The number of hydrogen-bond donors (Lipinski definition) is 1. The van der Waals surface area contributed by atoms with Gasteiger partial charge in [-0.3, -0.25) is 9.36 Å². The van der Waals surface area contributed by atoms with Crippen molar-refractivity contribution in [2.45, 2.75) is 25.5 Å². The van der Waals surface area contributed by atoms with Gasteiger partial charge in [-0.2, -0.15) is 0 Å². The second kappa shape index (κ2) is 9.41. The molecule has 2 heterocycles. The normalized spacial score (nSPS) is 10.9. The van der Waals surface area contributed by atoms with E-state index in [4.69, 9.17) is 16.0 Å². The quantitative estimate of drug-likeness (QED) is 0.390. The molecular formula is C23H21ClN4O2S. The molecule has 0 atom stereocenters. The van der Waals surface area contributed by atoms with Gasteiger partial charge < -0.3 is 9.73 Å². The highest BCUT2D eigenvalue weighted by Crippen LogP contribution is 2.25. The van der Waals surface area contributed by atoms with Gasteiger partial charge in [0.2, 0.25) is 5.91 Å². The third kappa shape index (κ3) is 5.00. The molecule has 0 fully saturated rings. The van der Waals surface area contributed by atoms with E-state index in [1.807, 2.05) is 79.1 Å². The van der Waals surface area contributed by atoms with Gasteiger partial charge in [0.1, 0.15) is 17.3 Å². The summed E-state index contributed by atoms with van der Waals surface area (Å²) in [6.07, 6.45) is 0. The first-order chi connectivity index (χ1) is 15.0. The van der Waals surface area contributed by atoms with E-state index in [2.05, 4.69) is 15.5 Å². The van der Waals surface area contributed by atoms with Crippen LogP contribution in [0.15, 0.2) is 70.2 Å². The van der Waals surface area contributed by atoms with Crippen molar-refractivity contribution >= 4 is 29.3 Å². The van der Waals surface area contributed by atoms with Crippen molar-refractivity contribution in [3.05, 3.63) is 82.8 Å². The summed E-state index contributed by atoms with van der Waals surface area (Å²) in [5.74, 6) is 2.32. The summed E-state index contributed by atoms with van der Waals surface area (Å²) < 4.78 is 7.80. The van der Waals surface area contributed by atoms with Gasteiger partial charge in [0.25, 0.3) is 0 Å². The number of para-hydroxylation sites is 1. The highest BCUT2D eigenvalue weighted by molar-refractivity contribution is 7.99. The Morgan fingerprint density at radius 2 is 1.84 bits per heavy atom. The molecule has 31 heavy (non-hydrogen) atoms. The van der Waals surface area contributed by atoms with Crippen LogP contribution >= 0.6 is 23.4 Å². The molecule has 0 aliphatic rings. The number of rotatable bonds is 7. The summed E-state index contributed by atoms with van der Waals surface area (Å²) in [6, 6.07) is 19.2. The molecule has 1 amide bonds. The Morgan fingerprint density at radius 1 is 1.06 bits per heavy atom. The van der Waals surface area contributed by atoms with E-state index in [1.54, 1.807) is 0 Å². The number of aromatic nitrogens is 3. The largest absolute Gasteiger partial charge is 0.459 e. The third-order valence-electron chi connectivity index (χ3n) is 4.73. The fourth-order valence-electron chi connectivity index (χ4n) is 3.14. The van der Waals surface area contributed by atoms with Gasteiger partial charge in [0.05, 0.1) is 18.0 Å². The summed E-state index contributed by atoms with van der Waals surface area (Å²) in [4.78, 5) is 12.4. The van der Waals surface area contributed by atoms with Gasteiger partial charge in [-0.1, -0.05) is 41.6 Å². The molecule has 4 aromatic rings. The topological polar surface area (TPSA) is 73.0 Å². The van der Waals surface area contributed by atoms with Crippen LogP contribution in [0.1, 0.15) is 17.1 Å². The smallest absolute Gasteiger partial charge is 0.230 e. The molecule has 1 N–H and O–H groups in total. The number of furan rings is 1. The molecule has 0 bridgehead atoms. The van der Waals surface area contributed by atoms with Crippen LogP contribution in [-0.2, 0) is 11.3 Å². The second-order valence-electron chi connectivity index (χ2n) is 6.99. The minimum atomic E-state index is -0.105. The molecule has 0 radical (unpaired) electrons. The molecule has 4 rings (SSSR count). The molecule has 2 aromatic heterocycles. The summed E-state index contributed by atoms with van der Waals surface area (Å²) in [5.41, 5.74) is 3.06. The molecule has 2 aromatic carbocycles. The van der Waals surface area contributed by atoms with E-state index < -0.39 is 0 Å². The number of carbonyl (C=O) groups is 1. The Kier molecular flexibility index (Phi) is 6.44. The van der Waals surface area contributed by atoms with Crippen LogP contribution in [-0.4, -0.2) is 26.4 Å². The number of nitrogens with one attached hydrogen (secondary N) is 1. The van der Waals surface area contributed by atoms with Crippen molar-refractivity contribution < 1.29 is 9.21 Å². The molecule has 0 saturated carbocycles. The lowest BCUT2D eigenvalue weighted by Gasteiger charge is -2.11. The van der Waals surface area contributed by atoms with Gasteiger partial charge in [-0.05, 0) is 61.9 Å². The molecule has 158 valence electrons. The number of thioether (sulfide) groups is 1. The van der Waals surface area contributed by atoms with Crippen molar-refractivity contribution in [3.63, 3.8) is 0 Å². The SMILES string of the molecule is Cc1ccccc1-n1c(C)nnc1SCC(=O)NCc1ccc(-c2ccc(Cl)cc2)o1. The maximum Gasteiger partial charge on any atom is 0.230 e. The van der Waals surface area contributed by atoms with Crippen molar-refractivity contribution in [1.29, 1.82) is 0 Å². The Bertz CT molecular complexity index is 1200. The fourth-order valence-corrected chi connectivity index (χ4v) is 4.08. The van der Waals surface area contributed by atoms with Crippen LogP contribution in [0.5, 0.6) is 0 Å². The van der Waals surface area contributed by atoms with Crippen LogP contribution in [0.2, 0.25) is 5.02 Å². The highest BCUT2D eigenvalue weighted by atomic mass is 35.5. The maximum atomic E-state index is 12.4. The highest BCUT2D eigenvalue weighted by Gasteiger charge is 2.15. The molecule has 0 aliphatic heterocycles. The number of benzene rings is 2. The molecular weight excluding hydrogens is 432 g/mol. The van der Waals surface area contributed by atoms with Crippen LogP contribution in [0, 0.1) is 13.8 Å². The van der Waals surface area contributed by atoms with Crippen LogP contribution in [0.25, 0.3) is 17.0 Å². The third-order valence-corrected chi connectivity index (χ3v) is 5.91. The van der Waals surface area contributed by atoms with E-state index >= 15 is 0 Å². The van der Waals surface area contributed by atoms with E-state index in [9.17, 15) is 4.79 Å². The lowest BCUT2D eigenvalue weighted by Crippen LogP contribution is -2.24. The maximum absolute atomic E-state index is 12.4. The second-order valence-corrected chi connectivity index (χ2v) is 8.37. The molecule has 0 spiro atoms. The molecule has 0 unspecified atom stereocenters. The average Bonchev–Trinajstić information content (AvgIpc) is 3.38. The number of carbonyl (C=O) groups excluding carboxylic acids is 1. The number of nitrogens with zero attached hydrogens (tertiary/aromatic N) is 3. The predicted molar refractivity (Wildman–Crippen MR) is 123 cm³/mol. The number of hydrogen-bond acceptors (Lipinski definition) is 5. The predicted octanol–water partition coefficient (Wildman–Crippen LogP) is 5.21. The Hall–Kier alpha value is -3.03. The summed E-state index contributed by atoms with van der Waals surface area (Å²) in [5, 5.41) is 12.7. The van der Waals surface area contributed by atoms with Crippen molar-refractivity contribution in [2.75, 3.05) is 5.75 Å². The van der Waals surface area contributed by atoms with Gasteiger partial charge >= 0.3 is 0 Å². The monoisotopic (exact) mass is 452 g/mol. The standard InChI is InChI=1S/C23H21ClN4O2S/c1-15-5-3-4-6-20(15)28-16(2)26-27-23(28)31-14-22(29)25-13-19-11-12-21(30-19)17-7-9-18(24)10-8-17/h3-12H,13-14H2,1-2H3,(H,25,29). The number of amides is 1. The van der Waals surface area contributed by atoms with Crippen molar-refractivity contribution in [2.24, 2.45) is 0 Å². The minimum absolute atomic E-state index is 0.105. The van der Waals surface area contributed by atoms with E-state index in [-0.39, 0.29) is 11.7 Å². The lowest BCUT2D eigenvalue weighted by molar-refractivity contribution is -0.118. The van der Waals surface area contributed by atoms with Crippen LogP contribution in [0.3, 0.4) is 0 Å². The number of halogens is 1. The van der Waals surface area contributed by atoms with Gasteiger partial charge in [0, 0.05) is 10.6 Å². The summed E-state index contributed by atoms with van der Waals surface area (Å²) in [6.45, 7) is 4.26. The summed E-state index contributed by atoms with van der Waals surface area (Å²) in [7, 11) is 0. The molecule has 0 saturated heterocycles. The average molecular weight is 453 g/mol. The first-order valence-corrected chi connectivity index (χ1v) is 11.1. The number of aryl methyl sites for hydroxylation is 2. The molecule has 0 aliphatic carbocycles. The first kappa shape index (κ1) is 21.2. The van der Waals surface area contributed by atoms with Crippen LogP contribution < -0.4 is 5.32 Å². The van der Waals surface area contributed by atoms with Crippen molar-refractivity contribution in [1.82, 2.24) is 20.1 Å². The van der Waals surface area contributed by atoms with E-state index in [1.165, 1.54) is 11.8 Å². The van der Waals surface area contributed by atoms with E-state index in [0.29, 0.717) is 22.5 Å². The fraction of sp³-hybridized carbons (Fsp3) is 0.174. The van der Waals surface area contributed by atoms with Gasteiger partial charge in [-0.15, -0.1) is 10.2 Å². The Labute approximate surface area is 189 Å². The Balaban J connectivity index is 1.35. The Morgan fingerprint density at radius 3 is 2.61 bits per heavy atom. The first-order valence-electron chi connectivity index (χ1n) is 9.73. The summed E-state index contributed by atoms with van der Waals surface area (Å²) >= 11 is 7.28. The lowest BCUT2D eigenvalue weighted by atomic mass is 10.2. The zero-order valence-corrected chi connectivity index (χ0v) is 18.7. The van der Waals surface area contributed by atoms with Crippen molar-refractivity contribution in [3.8, 4) is 17.0 Å². The minimum Gasteiger partial charge on any atom is -0.459 e. The van der Waals surface area contributed by atoms with E-state index in [0.717, 1.165) is 28.4 Å². The molecule has 6 nitrogen and oxygen atoms in total.